The van der Waals surface area contributed by atoms with Crippen LogP contribution in [-0.4, -0.2) is 31.1 Å². The number of hydrogen-bond acceptors (Lipinski definition) is 7. The van der Waals surface area contributed by atoms with Crippen LogP contribution in [0, 0.1) is 13.8 Å². The second-order valence-corrected chi connectivity index (χ2v) is 6.66. The Balaban J connectivity index is 1.58. The third kappa shape index (κ3) is 3.14. The smallest absolute Gasteiger partial charge is 0.257 e. The quantitative estimate of drug-likeness (QED) is 0.600. The Morgan fingerprint density at radius 2 is 1.81 bits per heavy atom. The van der Waals surface area contributed by atoms with Crippen molar-refractivity contribution in [2.24, 2.45) is 0 Å². The fraction of sp³-hybridized carbons (Fsp3) is 0.111. The van der Waals surface area contributed by atoms with E-state index in [1.807, 2.05) is 32.0 Å². The summed E-state index contributed by atoms with van der Waals surface area (Å²) in [6.07, 6.45) is 1.69. The van der Waals surface area contributed by atoms with Crippen molar-refractivity contribution in [2.45, 2.75) is 13.8 Å². The molecule has 1 N–H and O–H groups in total. The molecule has 3 aromatic heterocycles. The van der Waals surface area contributed by atoms with Crippen LogP contribution in [0.1, 0.15) is 21.7 Å². The number of amides is 1. The van der Waals surface area contributed by atoms with E-state index in [2.05, 4.69) is 30.5 Å². The van der Waals surface area contributed by atoms with Gasteiger partial charge < -0.3 is 0 Å². The molecule has 0 spiro atoms. The van der Waals surface area contributed by atoms with Gasteiger partial charge in [-0.05, 0) is 44.2 Å². The molecule has 8 heteroatoms. The van der Waals surface area contributed by atoms with E-state index in [-0.39, 0.29) is 5.91 Å². The van der Waals surface area contributed by atoms with Gasteiger partial charge in [0.15, 0.2) is 5.01 Å². The molecule has 0 aliphatic heterocycles. The largest absolute Gasteiger partial charge is 0.296 e. The minimum atomic E-state index is -0.268. The molecular weight excluding hydrogens is 348 g/mol. The van der Waals surface area contributed by atoms with Crippen molar-refractivity contribution in [1.29, 1.82) is 0 Å². The van der Waals surface area contributed by atoms with E-state index in [0.29, 0.717) is 21.2 Å². The van der Waals surface area contributed by atoms with Gasteiger partial charge in [0.2, 0.25) is 5.13 Å². The number of aromatic nitrogens is 5. The van der Waals surface area contributed by atoms with Crippen molar-refractivity contribution in [3.8, 4) is 10.7 Å². The average molecular weight is 362 g/mol. The molecule has 3 heterocycles. The van der Waals surface area contributed by atoms with Crippen LogP contribution < -0.4 is 5.32 Å². The number of hydrogen-bond donors (Lipinski definition) is 1. The molecule has 0 unspecified atom stereocenters. The van der Waals surface area contributed by atoms with Gasteiger partial charge in [0, 0.05) is 11.8 Å². The maximum Gasteiger partial charge on any atom is 0.257 e. The van der Waals surface area contributed by atoms with Crippen molar-refractivity contribution in [3.05, 3.63) is 59.5 Å². The third-order valence-corrected chi connectivity index (χ3v) is 4.73. The average Bonchev–Trinajstić information content (AvgIpc) is 3.11. The van der Waals surface area contributed by atoms with E-state index in [0.717, 1.165) is 22.6 Å². The second-order valence-electron chi connectivity index (χ2n) is 5.68. The topological polar surface area (TPSA) is 93.6 Å². The summed E-state index contributed by atoms with van der Waals surface area (Å²) < 4.78 is 0. The monoisotopic (exact) mass is 362 g/mol. The van der Waals surface area contributed by atoms with Crippen LogP contribution >= 0.6 is 11.3 Å². The molecule has 4 aromatic rings. The molecule has 0 radical (unpaired) electrons. The van der Waals surface area contributed by atoms with Crippen molar-refractivity contribution in [1.82, 2.24) is 25.1 Å². The van der Waals surface area contributed by atoms with Gasteiger partial charge in [0.25, 0.3) is 5.91 Å². The van der Waals surface area contributed by atoms with Crippen molar-refractivity contribution < 1.29 is 4.79 Å². The summed E-state index contributed by atoms with van der Waals surface area (Å²) >= 11 is 1.27. The summed E-state index contributed by atoms with van der Waals surface area (Å²) in [5.41, 5.74) is 4.39. The highest BCUT2D eigenvalue weighted by Gasteiger charge is 2.13. The van der Waals surface area contributed by atoms with Crippen LogP contribution in [0.15, 0.2) is 42.6 Å². The predicted octanol–water partition coefficient (Wildman–Crippen LogP) is 3.41. The Bertz CT molecular complexity index is 1110. The maximum absolute atomic E-state index is 12.5. The first kappa shape index (κ1) is 16.2. The first-order valence-corrected chi connectivity index (χ1v) is 8.73. The van der Waals surface area contributed by atoms with Gasteiger partial charge >= 0.3 is 0 Å². The number of rotatable bonds is 3. The lowest BCUT2D eigenvalue weighted by Crippen LogP contribution is -2.11. The highest BCUT2D eigenvalue weighted by molar-refractivity contribution is 7.18. The lowest BCUT2D eigenvalue weighted by atomic mass is 10.1. The Hall–Kier alpha value is -3.26. The summed E-state index contributed by atoms with van der Waals surface area (Å²) in [5.74, 6) is -0.268. The lowest BCUT2D eigenvalue weighted by Gasteiger charge is -2.05. The number of pyridine rings is 1. The van der Waals surface area contributed by atoms with Gasteiger partial charge in [0.05, 0.1) is 22.4 Å². The maximum atomic E-state index is 12.5. The number of benzene rings is 1. The SMILES string of the molecule is Cc1nc2ccc(C(=O)Nc3nnc(-c4ccccn4)s3)cc2nc1C. The number of nitrogens with one attached hydrogen (secondary N) is 1. The number of carbonyl (C=O) groups is 1. The number of anilines is 1. The molecule has 1 aromatic carbocycles. The van der Waals surface area contributed by atoms with Gasteiger partial charge in [-0.2, -0.15) is 0 Å². The fourth-order valence-electron chi connectivity index (χ4n) is 2.41. The number of carbonyl (C=O) groups excluding carboxylic acids is 1. The van der Waals surface area contributed by atoms with Crippen LogP contribution in [0.4, 0.5) is 5.13 Å². The van der Waals surface area contributed by atoms with Crippen LogP contribution in [0.5, 0.6) is 0 Å². The minimum Gasteiger partial charge on any atom is -0.296 e. The Kier molecular flexibility index (Phi) is 4.10. The lowest BCUT2D eigenvalue weighted by molar-refractivity contribution is 0.102. The molecule has 7 nitrogen and oxygen atoms in total. The first-order chi connectivity index (χ1) is 12.6. The number of fused-ring (bicyclic) bond motifs is 1. The Morgan fingerprint density at radius 1 is 1.00 bits per heavy atom. The molecule has 4 rings (SSSR count). The second kappa shape index (κ2) is 6.57. The summed E-state index contributed by atoms with van der Waals surface area (Å²) in [7, 11) is 0. The zero-order valence-corrected chi connectivity index (χ0v) is 14.9. The molecule has 0 atom stereocenters. The zero-order valence-electron chi connectivity index (χ0n) is 14.1. The molecule has 0 bridgehead atoms. The van der Waals surface area contributed by atoms with Crippen molar-refractivity contribution in [2.75, 3.05) is 5.32 Å². The Labute approximate surface area is 153 Å². The van der Waals surface area contributed by atoms with Crippen LogP contribution in [0.2, 0.25) is 0 Å². The summed E-state index contributed by atoms with van der Waals surface area (Å²) in [5, 5.41) is 11.9. The highest BCUT2D eigenvalue weighted by Crippen LogP contribution is 2.25. The molecule has 0 fully saturated rings. The third-order valence-electron chi connectivity index (χ3n) is 3.87. The van der Waals surface area contributed by atoms with E-state index in [9.17, 15) is 4.79 Å². The predicted molar refractivity (Wildman–Crippen MR) is 100 cm³/mol. The number of nitrogens with zero attached hydrogens (tertiary/aromatic N) is 5. The van der Waals surface area contributed by atoms with E-state index in [1.54, 1.807) is 24.4 Å². The van der Waals surface area contributed by atoms with Gasteiger partial charge in [-0.3, -0.25) is 15.1 Å². The molecule has 0 aliphatic rings. The van der Waals surface area contributed by atoms with E-state index in [1.165, 1.54) is 11.3 Å². The van der Waals surface area contributed by atoms with Crippen LogP contribution in [0.25, 0.3) is 21.7 Å². The molecule has 128 valence electrons. The molecule has 1 amide bonds. The molecule has 0 saturated carbocycles. The molecule has 0 saturated heterocycles. The van der Waals surface area contributed by atoms with Crippen LogP contribution in [0.3, 0.4) is 0 Å². The van der Waals surface area contributed by atoms with E-state index >= 15 is 0 Å². The zero-order chi connectivity index (χ0) is 18.1. The molecular formula is C18H14N6OS. The normalized spacial score (nSPS) is 10.8. The summed E-state index contributed by atoms with van der Waals surface area (Å²) in [6.45, 7) is 3.81. The van der Waals surface area contributed by atoms with Gasteiger partial charge in [0.1, 0.15) is 5.69 Å². The summed E-state index contributed by atoms with van der Waals surface area (Å²) in [4.78, 5) is 25.7. The van der Waals surface area contributed by atoms with Crippen molar-refractivity contribution >= 4 is 33.4 Å². The Morgan fingerprint density at radius 3 is 2.58 bits per heavy atom. The van der Waals surface area contributed by atoms with E-state index in [4.69, 9.17) is 0 Å². The van der Waals surface area contributed by atoms with Crippen LogP contribution in [-0.2, 0) is 0 Å². The van der Waals surface area contributed by atoms with Gasteiger partial charge in [-0.1, -0.05) is 17.4 Å². The van der Waals surface area contributed by atoms with Gasteiger partial charge in [-0.15, -0.1) is 10.2 Å². The standard InChI is InChI=1S/C18H14N6OS/c1-10-11(2)21-15-9-12(6-7-13(15)20-10)16(25)22-18-24-23-17(26-18)14-5-3-4-8-19-14/h3-9H,1-2H3,(H,22,24,25). The first-order valence-electron chi connectivity index (χ1n) is 7.91. The minimum absolute atomic E-state index is 0.268. The van der Waals surface area contributed by atoms with E-state index < -0.39 is 0 Å². The summed E-state index contributed by atoms with van der Waals surface area (Å²) in [6, 6.07) is 10.8. The van der Waals surface area contributed by atoms with Crippen molar-refractivity contribution in [3.63, 3.8) is 0 Å². The molecule has 26 heavy (non-hydrogen) atoms. The highest BCUT2D eigenvalue weighted by atomic mass is 32.1. The molecule has 0 aliphatic carbocycles. The van der Waals surface area contributed by atoms with Gasteiger partial charge in [-0.25, -0.2) is 9.97 Å². The number of aryl methyl sites for hydroxylation is 2. The fourth-order valence-corrected chi connectivity index (χ4v) is 3.12.